The second kappa shape index (κ2) is 9.71. The number of aliphatic hydroxyl groups excluding tert-OH is 1. The standard InChI is InChI=1S/C12H22O3/c1-2-3-4-5-6-7-8-9-11(13)10-12(14)15/h6-7,11,13H,2-5,8-10H2,1H3,(H,14,15)/b7-6-. The lowest BCUT2D eigenvalue weighted by Gasteiger charge is -2.04. The summed E-state index contributed by atoms with van der Waals surface area (Å²) in [6.07, 6.45) is 9.37. The summed E-state index contributed by atoms with van der Waals surface area (Å²) in [5.74, 6) is -0.936. The Kier molecular flexibility index (Phi) is 9.18. The highest BCUT2D eigenvalue weighted by Gasteiger charge is 2.07. The van der Waals surface area contributed by atoms with Crippen molar-refractivity contribution in [1.82, 2.24) is 0 Å². The zero-order chi connectivity index (χ0) is 11.5. The quantitative estimate of drug-likeness (QED) is 0.458. The van der Waals surface area contributed by atoms with Crippen molar-refractivity contribution in [1.29, 1.82) is 0 Å². The Balaban J connectivity index is 3.32. The van der Waals surface area contributed by atoms with Crippen LogP contribution >= 0.6 is 0 Å². The maximum atomic E-state index is 10.2. The van der Waals surface area contributed by atoms with Gasteiger partial charge in [-0.3, -0.25) is 4.79 Å². The van der Waals surface area contributed by atoms with Crippen LogP contribution in [0, 0.1) is 0 Å². The summed E-state index contributed by atoms with van der Waals surface area (Å²) in [6, 6.07) is 0. The van der Waals surface area contributed by atoms with Gasteiger partial charge in [-0.1, -0.05) is 31.9 Å². The van der Waals surface area contributed by atoms with Crippen molar-refractivity contribution in [2.45, 2.75) is 58.0 Å². The Morgan fingerprint density at radius 1 is 1.27 bits per heavy atom. The smallest absolute Gasteiger partial charge is 0.305 e. The third-order valence-electron chi connectivity index (χ3n) is 2.22. The summed E-state index contributed by atoms with van der Waals surface area (Å²) in [4.78, 5) is 10.2. The number of rotatable bonds is 9. The molecular formula is C12H22O3. The molecule has 2 N–H and O–H groups in total. The monoisotopic (exact) mass is 214 g/mol. The second-order valence-corrected chi connectivity index (χ2v) is 3.80. The minimum Gasteiger partial charge on any atom is -0.481 e. The predicted octanol–water partition coefficient (Wildman–Crippen LogP) is 2.74. The number of unbranched alkanes of at least 4 members (excludes halogenated alkanes) is 3. The van der Waals surface area contributed by atoms with Gasteiger partial charge in [0, 0.05) is 0 Å². The third kappa shape index (κ3) is 11.1. The highest BCUT2D eigenvalue weighted by molar-refractivity contribution is 5.67. The average molecular weight is 214 g/mol. The molecule has 0 spiro atoms. The Labute approximate surface area is 91.8 Å². The van der Waals surface area contributed by atoms with Gasteiger partial charge in [0.25, 0.3) is 0 Å². The summed E-state index contributed by atoms with van der Waals surface area (Å²) < 4.78 is 0. The third-order valence-corrected chi connectivity index (χ3v) is 2.22. The molecule has 1 atom stereocenters. The van der Waals surface area contributed by atoms with Crippen molar-refractivity contribution in [3.05, 3.63) is 12.2 Å². The van der Waals surface area contributed by atoms with Crippen LogP contribution in [0.25, 0.3) is 0 Å². The van der Waals surface area contributed by atoms with Crippen molar-refractivity contribution >= 4 is 5.97 Å². The van der Waals surface area contributed by atoms with Crippen LogP contribution in [0.2, 0.25) is 0 Å². The van der Waals surface area contributed by atoms with Gasteiger partial charge in [0.2, 0.25) is 0 Å². The second-order valence-electron chi connectivity index (χ2n) is 3.80. The minimum absolute atomic E-state index is 0.149. The molecule has 3 nitrogen and oxygen atoms in total. The summed E-state index contributed by atoms with van der Waals surface area (Å²) in [6.45, 7) is 2.17. The molecule has 0 aromatic carbocycles. The molecule has 0 aromatic rings. The maximum Gasteiger partial charge on any atom is 0.305 e. The van der Waals surface area contributed by atoms with Gasteiger partial charge in [-0.05, 0) is 25.7 Å². The topological polar surface area (TPSA) is 57.5 Å². The lowest BCUT2D eigenvalue weighted by atomic mass is 10.1. The number of hydrogen-bond acceptors (Lipinski definition) is 2. The first-order chi connectivity index (χ1) is 7.16. The van der Waals surface area contributed by atoms with Crippen molar-refractivity contribution in [2.24, 2.45) is 0 Å². The molecule has 0 saturated heterocycles. The van der Waals surface area contributed by atoms with E-state index in [1.54, 1.807) is 0 Å². The average Bonchev–Trinajstić information content (AvgIpc) is 2.15. The molecule has 0 saturated carbocycles. The van der Waals surface area contributed by atoms with Gasteiger partial charge >= 0.3 is 5.97 Å². The first-order valence-corrected chi connectivity index (χ1v) is 5.71. The molecule has 0 fully saturated rings. The maximum absolute atomic E-state index is 10.2. The predicted molar refractivity (Wildman–Crippen MR) is 60.8 cm³/mol. The normalized spacial score (nSPS) is 13.2. The van der Waals surface area contributed by atoms with E-state index >= 15 is 0 Å². The zero-order valence-electron chi connectivity index (χ0n) is 9.48. The molecule has 0 amide bonds. The van der Waals surface area contributed by atoms with Gasteiger partial charge in [-0.2, -0.15) is 0 Å². The number of aliphatic hydroxyl groups is 1. The van der Waals surface area contributed by atoms with Crippen LogP contribution in [0.15, 0.2) is 12.2 Å². The van der Waals surface area contributed by atoms with E-state index in [4.69, 9.17) is 5.11 Å². The summed E-state index contributed by atoms with van der Waals surface area (Å²) in [5, 5.41) is 17.7. The van der Waals surface area contributed by atoms with Crippen molar-refractivity contribution < 1.29 is 15.0 Å². The number of carboxylic acid groups (broad SMARTS) is 1. The number of carbonyl (C=O) groups is 1. The number of allylic oxidation sites excluding steroid dienone is 2. The van der Waals surface area contributed by atoms with Gasteiger partial charge in [-0.25, -0.2) is 0 Å². The highest BCUT2D eigenvalue weighted by Crippen LogP contribution is 2.04. The molecule has 88 valence electrons. The molecule has 0 aliphatic carbocycles. The molecule has 0 aliphatic rings. The SMILES string of the molecule is CCCCC/C=C\CCC(O)CC(=O)O. The Morgan fingerprint density at radius 2 is 1.93 bits per heavy atom. The highest BCUT2D eigenvalue weighted by atomic mass is 16.4. The van der Waals surface area contributed by atoms with Crippen LogP contribution in [0.1, 0.15) is 51.9 Å². The molecule has 0 bridgehead atoms. The van der Waals surface area contributed by atoms with E-state index in [1.165, 1.54) is 19.3 Å². The van der Waals surface area contributed by atoms with Crippen LogP contribution in [0.3, 0.4) is 0 Å². The Morgan fingerprint density at radius 3 is 2.53 bits per heavy atom. The van der Waals surface area contributed by atoms with Crippen LogP contribution < -0.4 is 0 Å². The van der Waals surface area contributed by atoms with Crippen LogP contribution in [-0.2, 0) is 4.79 Å². The molecule has 1 unspecified atom stereocenters. The minimum atomic E-state index is -0.936. The van der Waals surface area contributed by atoms with E-state index in [-0.39, 0.29) is 6.42 Å². The van der Waals surface area contributed by atoms with Crippen molar-refractivity contribution in [3.8, 4) is 0 Å². The fraction of sp³-hybridized carbons (Fsp3) is 0.750. The van der Waals surface area contributed by atoms with Gasteiger partial charge < -0.3 is 10.2 Å². The van der Waals surface area contributed by atoms with Gasteiger partial charge in [0.15, 0.2) is 0 Å². The molecule has 0 heterocycles. The first-order valence-electron chi connectivity index (χ1n) is 5.71. The fourth-order valence-electron chi connectivity index (χ4n) is 1.34. The van der Waals surface area contributed by atoms with E-state index in [0.29, 0.717) is 6.42 Å². The van der Waals surface area contributed by atoms with Crippen molar-refractivity contribution in [2.75, 3.05) is 0 Å². The molecule has 0 aliphatic heterocycles. The van der Waals surface area contributed by atoms with Gasteiger partial charge in [0.05, 0.1) is 12.5 Å². The molecule has 3 heteroatoms. The lowest BCUT2D eigenvalue weighted by molar-refractivity contribution is -0.139. The van der Waals surface area contributed by atoms with E-state index in [2.05, 4.69) is 13.0 Å². The van der Waals surface area contributed by atoms with Gasteiger partial charge in [0.1, 0.15) is 0 Å². The first kappa shape index (κ1) is 14.2. The molecule has 15 heavy (non-hydrogen) atoms. The Bertz CT molecular complexity index is 187. The fourth-order valence-corrected chi connectivity index (χ4v) is 1.34. The summed E-state index contributed by atoms with van der Waals surface area (Å²) in [7, 11) is 0. The Hall–Kier alpha value is -0.830. The summed E-state index contributed by atoms with van der Waals surface area (Å²) >= 11 is 0. The zero-order valence-corrected chi connectivity index (χ0v) is 9.48. The molecule has 0 radical (unpaired) electrons. The molecule has 0 aromatic heterocycles. The largest absolute Gasteiger partial charge is 0.481 e. The molecular weight excluding hydrogens is 192 g/mol. The summed E-state index contributed by atoms with van der Waals surface area (Å²) in [5.41, 5.74) is 0. The van der Waals surface area contributed by atoms with Crippen LogP contribution in [0.4, 0.5) is 0 Å². The lowest BCUT2D eigenvalue weighted by Crippen LogP contribution is -2.12. The van der Waals surface area contributed by atoms with Crippen molar-refractivity contribution in [3.63, 3.8) is 0 Å². The van der Waals surface area contributed by atoms with E-state index in [1.807, 2.05) is 6.08 Å². The molecule has 0 rings (SSSR count). The van der Waals surface area contributed by atoms with E-state index in [0.717, 1.165) is 12.8 Å². The van der Waals surface area contributed by atoms with Gasteiger partial charge in [-0.15, -0.1) is 0 Å². The number of carboxylic acids is 1. The number of hydrogen-bond donors (Lipinski definition) is 2. The number of aliphatic carboxylic acids is 1. The van der Waals surface area contributed by atoms with E-state index in [9.17, 15) is 9.90 Å². The van der Waals surface area contributed by atoms with Crippen LogP contribution in [-0.4, -0.2) is 22.3 Å². The van der Waals surface area contributed by atoms with Crippen LogP contribution in [0.5, 0.6) is 0 Å². The van der Waals surface area contributed by atoms with E-state index < -0.39 is 12.1 Å².